The number of nitrogens with one attached hydrogen (secondary N) is 1. The molecule has 0 radical (unpaired) electrons. The molecule has 1 aromatic carbocycles. The number of hydrogen-bond acceptors (Lipinski definition) is 3. The average molecular weight is 352 g/mol. The number of sulfone groups is 1. The van der Waals surface area contributed by atoms with Gasteiger partial charge < -0.3 is 5.32 Å². The lowest BCUT2D eigenvalue weighted by Gasteiger charge is -2.26. The third kappa shape index (κ3) is 4.59. The molecule has 1 aromatic rings. The first kappa shape index (κ1) is 19.0. The van der Waals surface area contributed by atoms with Crippen LogP contribution in [-0.4, -0.2) is 25.8 Å². The standard InChI is InChI=1S/C19H29NO3S/c1-13(2)17(14-6-8-16(9-7-14)19(3,4)5)20-18(21)15-10-11-24(22,23)12-15/h6-9,13,15,17H,10-12H2,1-5H3,(H,20,21). The Morgan fingerprint density at radius 3 is 2.17 bits per heavy atom. The molecule has 1 aliphatic rings. The van der Waals surface area contributed by atoms with Crippen LogP contribution in [0.15, 0.2) is 24.3 Å². The zero-order valence-electron chi connectivity index (χ0n) is 15.3. The molecule has 2 unspecified atom stereocenters. The Kier molecular flexibility index (Phi) is 5.43. The molecular formula is C19H29NO3S. The summed E-state index contributed by atoms with van der Waals surface area (Å²) in [7, 11) is -3.04. The van der Waals surface area contributed by atoms with E-state index in [0.29, 0.717) is 6.42 Å². The van der Waals surface area contributed by atoms with Gasteiger partial charge in [-0.3, -0.25) is 4.79 Å². The molecule has 0 aliphatic carbocycles. The molecule has 0 spiro atoms. The summed E-state index contributed by atoms with van der Waals surface area (Å²) >= 11 is 0. The van der Waals surface area contributed by atoms with E-state index in [9.17, 15) is 13.2 Å². The molecule has 1 amide bonds. The Balaban J connectivity index is 2.14. The van der Waals surface area contributed by atoms with Crippen LogP contribution < -0.4 is 5.32 Å². The Bertz CT molecular complexity index is 684. The van der Waals surface area contributed by atoms with Gasteiger partial charge in [-0.1, -0.05) is 58.9 Å². The summed E-state index contributed by atoms with van der Waals surface area (Å²) in [6.07, 6.45) is 0.432. The topological polar surface area (TPSA) is 63.2 Å². The van der Waals surface area contributed by atoms with Gasteiger partial charge in [-0.05, 0) is 28.9 Å². The van der Waals surface area contributed by atoms with Crippen LogP contribution in [0.4, 0.5) is 0 Å². The molecule has 4 nitrogen and oxygen atoms in total. The van der Waals surface area contributed by atoms with Crippen molar-refractivity contribution >= 4 is 15.7 Å². The maximum absolute atomic E-state index is 12.5. The van der Waals surface area contributed by atoms with Gasteiger partial charge in [-0.15, -0.1) is 0 Å². The lowest BCUT2D eigenvalue weighted by atomic mass is 9.85. The average Bonchev–Trinajstić information content (AvgIpc) is 2.84. The van der Waals surface area contributed by atoms with Crippen LogP contribution in [-0.2, 0) is 20.0 Å². The predicted molar refractivity (Wildman–Crippen MR) is 97.6 cm³/mol. The Morgan fingerprint density at radius 2 is 1.75 bits per heavy atom. The number of benzene rings is 1. The van der Waals surface area contributed by atoms with Crippen LogP contribution in [0.5, 0.6) is 0 Å². The molecule has 1 fully saturated rings. The Morgan fingerprint density at radius 1 is 1.17 bits per heavy atom. The number of hydrogen-bond donors (Lipinski definition) is 1. The van der Waals surface area contributed by atoms with Gasteiger partial charge in [0.25, 0.3) is 0 Å². The molecule has 1 saturated heterocycles. The summed E-state index contributed by atoms with van der Waals surface area (Å²) < 4.78 is 23.2. The molecule has 2 rings (SSSR count). The molecule has 2 atom stereocenters. The fraction of sp³-hybridized carbons (Fsp3) is 0.632. The van der Waals surface area contributed by atoms with Crippen molar-refractivity contribution < 1.29 is 13.2 Å². The monoisotopic (exact) mass is 351 g/mol. The molecule has 0 bridgehead atoms. The maximum Gasteiger partial charge on any atom is 0.224 e. The van der Waals surface area contributed by atoms with Crippen LogP contribution in [0.25, 0.3) is 0 Å². The van der Waals surface area contributed by atoms with E-state index in [1.807, 2.05) is 0 Å². The molecular weight excluding hydrogens is 322 g/mol. The van der Waals surface area contributed by atoms with Crippen molar-refractivity contribution in [2.45, 2.75) is 52.5 Å². The Labute approximate surface area is 146 Å². The lowest BCUT2D eigenvalue weighted by molar-refractivity contribution is -0.125. The van der Waals surface area contributed by atoms with Crippen molar-refractivity contribution in [1.29, 1.82) is 0 Å². The van der Waals surface area contributed by atoms with Gasteiger partial charge in [-0.2, -0.15) is 0 Å². The summed E-state index contributed by atoms with van der Waals surface area (Å²) in [4.78, 5) is 12.5. The number of carbonyl (C=O) groups excluding carboxylic acids is 1. The fourth-order valence-corrected chi connectivity index (χ4v) is 4.84. The van der Waals surface area contributed by atoms with Gasteiger partial charge in [0, 0.05) is 0 Å². The highest BCUT2D eigenvalue weighted by Gasteiger charge is 2.34. The fourth-order valence-electron chi connectivity index (χ4n) is 3.10. The van der Waals surface area contributed by atoms with Crippen LogP contribution in [0, 0.1) is 11.8 Å². The van der Waals surface area contributed by atoms with Crippen molar-refractivity contribution in [3.05, 3.63) is 35.4 Å². The molecule has 1 N–H and O–H groups in total. The van der Waals surface area contributed by atoms with E-state index >= 15 is 0 Å². The van der Waals surface area contributed by atoms with E-state index in [1.165, 1.54) is 5.56 Å². The third-order valence-electron chi connectivity index (χ3n) is 4.70. The highest BCUT2D eigenvalue weighted by Crippen LogP contribution is 2.28. The molecule has 0 saturated carbocycles. The summed E-state index contributed by atoms with van der Waals surface area (Å²) in [5.41, 5.74) is 2.40. The first-order valence-electron chi connectivity index (χ1n) is 8.61. The van der Waals surface area contributed by atoms with Gasteiger partial charge in [-0.25, -0.2) is 8.42 Å². The summed E-state index contributed by atoms with van der Waals surface area (Å²) in [5, 5.41) is 3.07. The number of carbonyl (C=O) groups is 1. The zero-order chi connectivity index (χ0) is 18.1. The number of amides is 1. The van der Waals surface area contributed by atoms with Crippen LogP contribution in [0.2, 0.25) is 0 Å². The van der Waals surface area contributed by atoms with E-state index in [4.69, 9.17) is 0 Å². The molecule has 134 valence electrons. The molecule has 0 aromatic heterocycles. The second-order valence-corrected chi connectivity index (χ2v) is 10.4. The minimum absolute atomic E-state index is 0.0212. The van der Waals surface area contributed by atoms with Gasteiger partial charge >= 0.3 is 0 Å². The molecule has 24 heavy (non-hydrogen) atoms. The van der Waals surface area contributed by atoms with Crippen molar-refractivity contribution in [3.8, 4) is 0 Å². The minimum atomic E-state index is -3.04. The Hall–Kier alpha value is -1.36. The van der Waals surface area contributed by atoms with E-state index in [2.05, 4.69) is 64.2 Å². The second-order valence-electron chi connectivity index (χ2n) is 8.20. The molecule has 1 aliphatic heterocycles. The van der Waals surface area contributed by atoms with Gasteiger partial charge in [0.15, 0.2) is 9.84 Å². The molecule has 1 heterocycles. The van der Waals surface area contributed by atoms with Crippen LogP contribution in [0.3, 0.4) is 0 Å². The maximum atomic E-state index is 12.5. The van der Waals surface area contributed by atoms with E-state index in [0.717, 1.165) is 5.56 Å². The summed E-state index contributed by atoms with van der Waals surface area (Å²) in [5.74, 6) is -0.225. The van der Waals surface area contributed by atoms with Crippen molar-refractivity contribution in [2.75, 3.05) is 11.5 Å². The lowest BCUT2D eigenvalue weighted by Crippen LogP contribution is -2.36. The minimum Gasteiger partial charge on any atom is -0.349 e. The van der Waals surface area contributed by atoms with E-state index in [-0.39, 0.29) is 34.8 Å². The normalized spacial score (nSPS) is 21.7. The highest BCUT2D eigenvalue weighted by atomic mass is 32.2. The second kappa shape index (κ2) is 6.87. The zero-order valence-corrected chi connectivity index (χ0v) is 16.1. The third-order valence-corrected chi connectivity index (χ3v) is 6.47. The number of rotatable bonds is 4. The van der Waals surface area contributed by atoms with E-state index < -0.39 is 15.8 Å². The van der Waals surface area contributed by atoms with Crippen LogP contribution >= 0.6 is 0 Å². The predicted octanol–water partition coefficient (Wildman–Crippen LogP) is 3.23. The van der Waals surface area contributed by atoms with Gasteiger partial charge in [0.05, 0.1) is 23.5 Å². The largest absolute Gasteiger partial charge is 0.349 e. The van der Waals surface area contributed by atoms with Crippen molar-refractivity contribution in [3.63, 3.8) is 0 Å². The highest BCUT2D eigenvalue weighted by molar-refractivity contribution is 7.91. The van der Waals surface area contributed by atoms with Crippen LogP contribution in [0.1, 0.15) is 58.2 Å². The molecule has 5 heteroatoms. The van der Waals surface area contributed by atoms with Gasteiger partial charge in [0.1, 0.15) is 0 Å². The van der Waals surface area contributed by atoms with Crippen molar-refractivity contribution in [1.82, 2.24) is 5.32 Å². The summed E-state index contributed by atoms with van der Waals surface area (Å²) in [6, 6.07) is 8.25. The first-order valence-corrected chi connectivity index (χ1v) is 10.4. The smallest absolute Gasteiger partial charge is 0.224 e. The first-order chi connectivity index (χ1) is 11.0. The SMILES string of the molecule is CC(C)C(NC(=O)C1CCS(=O)(=O)C1)c1ccc(C(C)(C)C)cc1. The summed E-state index contributed by atoms with van der Waals surface area (Å²) in [6.45, 7) is 10.6. The van der Waals surface area contributed by atoms with Gasteiger partial charge in [0.2, 0.25) is 5.91 Å². The quantitative estimate of drug-likeness (QED) is 0.906. The van der Waals surface area contributed by atoms with Crippen molar-refractivity contribution in [2.24, 2.45) is 11.8 Å². The van der Waals surface area contributed by atoms with E-state index in [1.54, 1.807) is 0 Å².